The minimum Gasteiger partial charge on any atom is -0.223 e. The van der Waals surface area contributed by atoms with E-state index in [-0.39, 0.29) is 9.79 Å². The van der Waals surface area contributed by atoms with E-state index in [1.54, 1.807) is 36.4 Å². The fraction of sp³-hybridized carbons (Fsp3) is 0.182. The van der Waals surface area contributed by atoms with Crippen LogP contribution in [0.4, 0.5) is 0 Å². The minimum atomic E-state index is -4.07. The first-order valence-corrected chi connectivity index (χ1v) is 11.8. The van der Waals surface area contributed by atoms with Gasteiger partial charge in [0.15, 0.2) is 19.7 Å². The number of hydrogen-bond acceptors (Lipinski definition) is 4. The van der Waals surface area contributed by atoms with Gasteiger partial charge in [0, 0.05) is 0 Å². The molecule has 0 radical (unpaired) electrons. The molecule has 6 heteroatoms. The van der Waals surface area contributed by atoms with Crippen LogP contribution in [0.2, 0.25) is 0 Å². The Labute approximate surface area is 166 Å². The highest BCUT2D eigenvalue weighted by molar-refractivity contribution is 7.97. The van der Waals surface area contributed by atoms with Gasteiger partial charge in [-0.2, -0.15) is 0 Å². The molecule has 3 rings (SSSR count). The van der Waals surface area contributed by atoms with E-state index in [0.29, 0.717) is 0 Å². The molecule has 0 unspecified atom stereocenters. The van der Waals surface area contributed by atoms with Crippen molar-refractivity contribution in [2.24, 2.45) is 0 Å². The Morgan fingerprint density at radius 1 is 0.821 bits per heavy atom. The third-order valence-electron chi connectivity index (χ3n) is 5.00. The van der Waals surface area contributed by atoms with Gasteiger partial charge >= 0.3 is 0 Å². The molecule has 2 aromatic carbocycles. The van der Waals surface area contributed by atoms with E-state index in [0.717, 1.165) is 11.1 Å². The lowest BCUT2D eigenvalue weighted by molar-refractivity contribution is 0.557. The zero-order valence-electron chi connectivity index (χ0n) is 15.7. The molecule has 0 saturated heterocycles. The molecule has 0 heterocycles. The van der Waals surface area contributed by atoms with E-state index in [2.05, 4.69) is 6.58 Å². The summed E-state index contributed by atoms with van der Waals surface area (Å²) in [5.74, 6) is 0. The number of rotatable bonds is 5. The summed E-state index contributed by atoms with van der Waals surface area (Å²) in [5, 5.41) is -1.32. The first-order chi connectivity index (χ1) is 13.1. The fourth-order valence-corrected chi connectivity index (χ4v) is 7.58. The van der Waals surface area contributed by atoms with Crippen LogP contribution < -0.4 is 0 Å². The van der Waals surface area contributed by atoms with Gasteiger partial charge in [0.25, 0.3) is 0 Å². The largest absolute Gasteiger partial charge is 0.223 e. The number of sulfone groups is 2. The van der Waals surface area contributed by atoms with Gasteiger partial charge in [0.1, 0.15) is 10.00 Å². The number of aryl methyl sites for hydroxylation is 2. The molecule has 146 valence electrons. The number of allylic oxidation sites excluding steroid dienone is 2. The Morgan fingerprint density at radius 2 is 1.32 bits per heavy atom. The molecule has 2 aromatic rings. The van der Waals surface area contributed by atoms with Crippen LogP contribution in [0.15, 0.2) is 95.3 Å². The standard InChI is InChI=1S/C22H22O4S2/c1-4-22(28(25,26)20-14-10-18(3)11-15-20)16-6-5-7-21(22)27(23,24)19-12-8-17(2)9-13-19/h4-16,21H,1H2,2-3H3/t21-,22-/m1/s1. The lowest BCUT2D eigenvalue weighted by Gasteiger charge is -2.35. The summed E-state index contributed by atoms with van der Waals surface area (Å²) in [6.45, 7) is 7.42. The SMILES string of the molecule is C=C[C@@]1(S(=O)(=O)c2ccc(C)cc2)C=CC=C[C@H]1S(=O)(=O)c1ccc(C)cc1. The molecule has 4 nitrogen and oxygen atoms in total. The summed E-state index contributed by atoms with van der Waals surface area (Å²) in [6, 6.07) is 12.8. The summed E-state index contributed by atoms with van der Waals surface area (Å²) in [5.41, 5.74) is 1.83. The lowest BCUT2D eigenvalue weighted by Crippen LogP contribution is -2.49. The number of hydrogen-bond donors (Lipinski definition) is 0. The van der Waals surface area contributed by atoms with Gasteiger partial charge in [-0.1, -0.05) is 65.8 Å². The molecule has 1 aliphatic rings. The van der Waals surface area contributed by atoms with Gasteiger partial charge in [-0.3, -0.25) is 0 Å². The molecule has 0 saturated carbocycles. The van der Waals surface area contributed by atoms with Gasteiger partial charge in [-0.05, 0) is 38.1 Å². The van der Waals surface area contributed by atoms with Crippen LogP contribution in [-0.2, 0) is 19.7 Å². The van der Waals surface area contributed by atoms with Crippen molar-refractivity contribution >= 4 is 19.7 Å². The van der Waals surface area contributed by atoms with Crippen molar-refractivity contribution in [3.05, 3.63) is 96.6 Å². The molecular formula is C22H22O4S2. The van der Waals surface area contributed by atoms with Gasteiger partial charge in [-0.25, -0.2) is 16.8 Å². The summed E-state index contributed by atoms with van der Waals surface area (Å²) < 4.78 is 52.2. The summed E-state index contributed by atoms with van der Waals surface area (Å²) >= 11 is 0. The molecule has 0 spiro atoms. The van der Waals surface area contributed by atoms with Crippen LogP contribution >= 0.6 is 0 Å². The van der Waals surface area contributed by atoms with Crippen molar-refractivity contribution in [2.45, 2.75) is 33.6 Å². The highest BCUT2D eigenvalue weighted by Gasteiger charge is 2.52. The van der Waals surface area contributed by atoms with E-state index in [1.165, 1.54) is 42.5 Å². The quantitative estimate of drug-likeness (QED) is 0.694. The second-order valence-electron chi connectivity index (χ2n) is 6.90. The van der Waals surface area contributed by atoms with Crippen LogP contribution in [0, 0.1) is 13.8 Å². The molecule has 1 aliphatic carbocycles. The van der Waals surface area contributed by atoms with Crippen LogP contribution in [0.5, 0.6) is 0 Å². The van der Waals surface area contributed by atoms with E-state index in [4.69, 9.17) is 0 Å². The molecule has 0 N–H and O–H groups in total. The van der Waals surface area contributed by atoms with Crippen molar-refractivity contribution in [3.8, 4) is 0 Å². The monoisotopic (exact) mass is 414 g/mol. The Bertz CT molecular complexity index is 1150. The van der Waals surface area contributed by atoms with Crippen molar-refractivity contribution in [1.29, 1.82) is 0 Å². The summed E-state index contributed by atoms with van der Waals surface area (Å²) in [6.07, 6.45) is 7.16. The molecule has 0 amide bonds. The first-order valence-electron chi connectivity index (χ1n) is 8.77. The maximum Gasteiger partial charge on any atom is 0.192 e. The normalized spacial score (nSPS) is 22.1. The molecule has 0 aliphatic heterocycles. The van der Waals surface area contributed by atoms with Gasteiger partial charge in [-0.15, -0.1) is 6.58 Å². The molecule has 0 bridgehead atoms. The van der Waals surface area contributed by atoms with Gasteiger partial charge < -0.3 is 0 Å². The first kappa shape index (κ1) is 20.3. The smallest absolute Gasteiger partial charge is 0.192 e. The van der Waals surface area contributed by atoms with Crippen molar-refractivity contribution < 1.29 is 16.8 Å². The molecule has 0 fully saturated rings. The summed E-state index contributed by atoms with van der Waals surface area (Å²) in [4.78, 5) is 0.135. The second-order valence-corrected chi connectivity index (χ2v) is 11.2. The minimum absolute atomic E-state index is 0.0575. The third kappa shape index (κ3) is 3.16. The zero-order chi connectivity index (χ0) is 20.6. The van der Waals surface area contributed by atoms with Crippen LogP contribution in [0.1, 0.15) is 11.1 Å². The average molecular weight is 415 g/mol. The average Bonchev–Trinajstić information content (AvgIpc) is 2.68. The van der Waals surface area contributed by atoms with E-state index >= 15 is 0 Å². The Hall–Kier alpha value is -2.44. The predicted molar refractivity (Wildman–Crippen MR) is 112 cm³/mol. The van der Waals surface area contributed by atoms with Crippen LogP contribution in [-0.4, -0.2) is 26.8 Å². The van der Waals surface area contributed by atoms with E-state index < -0.39 is 29.7 Å². The highest BCUT2D eigenvalue weighted by Crippen LogP contribution is 2.40. The third-order valence-corrected chi connectivity index (χ3v) is 9.67. The maximum absolute atomic E-state index is 13.6. The molecule has 2 atom stereocenters. The maximum atomic E-state index is 13.6. The highest BCUT2D eigenvalue weighted by atomic mass is 32.2. The van der Waals surface area contributed by atoms with Gasteiger partial charge in [0.05, 0.1) is 9.79 Å². The summed E-state index contributed by atoms with van der Waals surface area (Å²) in [7, 11) is -8.06. The lowest BCUT2D eigenvalue weighted by atomic mass is 9.99. The van der Waals surface area contributed by atoms with Gasteiger partial charge in [0.2, 0.25) is 0 Å². The zero-order valence-corrected chi connectivity index (χ0v) is 17.4. The van der Waals surface area contributed by atoms with E-state index in [9.17, 15) is 16.8 Å². The predicted octanol–water partition coefficient (Wildman–Crippen LogP) is 3.97. The van der Waals surface area contributed by atoms with Crippen LogP contribution in [0.3, 0.4) is 0 Å². The molecule has 28 heavy (non-hydrogen) atoms. The van der Waals surface area contributed by atoms with E-state index in [1.807, 2.05) is 13.8 Å². The second kappa shape index (κ2) is 7.18. The van der Waals surface area contributed by atoms with Crippen molar-refractivity contribution in [2.75, 3.05) is 0 Å². The Kier molecular flexibility index (Phi) is 5.21. The van der Waals surface area contributed by atoms with Crippen molar-refractivity contribution in [3.63, 3.8) is 0 Å². The molecular weight excluding hydrogens is 392 g/mol. The topological polar surface area (TPSA) is 68.3 Å². The Balaban J connectivity index is 2.21. The Morgan fingerprint density at radius 3 is 1.82 bits per heavy atom. The molecule has 0 aromatic heterocycles. The number of benzene rings is 2. The van der Waals surface area contributed by atoms with Crippen molar-refractivity contribution in [1.82, 2.24) is 0 Å². The van der Waals surface area contributed by atoms with Crippen LogP contribution in [0.25, 0.3) is 0 Å². The fourth-order valence-electron chi connectivity index (χ4n) is 3.29.